The molecule has 0 aromatic heterocycles. The highest BCUT2D eigenvalue weighted by atomic mass is 127. The van der Waals surface area contributed by atoms with E-state index in [4.69, 9.17) is 0 Å². The molecule has 0 heterocycles. The van der Waals surface area contributed by atoms with E-state index in [-0.39, 0.29) is 0 Å². The number of halogens is 4. The van der Waals surface area contributed by atoms with Gasteiger partial charge in [0.25, 0.3) is 0 Å². The Morgan fingerprint density at radius 2 is 0.808 bits per heavy atom. The molecule has 2 N–H and O–H groups in total. The van der Waals surface area contributed by atoms with E-state index in [1.54, 1.807) is 12.1 Å². The molecule has 7 heteroatoms. The number of benzene rings is 8. The molecule has 0 bridgehead atoms. The van der Waals surface area contributed by atoms with Crippen molar-refractivity contribution in [2.45, 2.75) is 0 Å². The molecule has 0 saturated heterocycles. The lowest BCUT2D eigenvalue weighted by atomic mass is 9.75. The van der Waals surface area contributed by atoms with Crippen molar-refractivity contribution in [3.05, 3.63) is 195 Å². The van der Waals surface area contributed by atoms with Gasteiger partial charge in [-0.05, 0) is 130 Å². The van der Waals surface area contributed by atoms with Gasteiger partial charge in [0.1, 0.15) is 0 Å². The van der Waals surface area contributed by atoms with Gasteiger partial charge in [-0.2, -0.15) is 0 Å². The molecular weight excluding hydrogens is 997 g/mol. The third-order valence-electron chi connectivity index (χ3n) is 8.21. The summed E-state index contributed by atoms with van der Waals surface area (Å²) in [5, 5.41) is 23.5. The van der Waals surface area contributed by atoms with E-state index in [1.165, 1.54) is 47.4 Å². The summed E-state index contributed by atoms with van der Waals surface area (Å²) in [4.78, 5) is 1.97. The molecule has 2 nitrogen and oxygen atoms in total. The molecule has 0 spiro atoms. The van der Waals surface area contributed by atoms with E-state index in [0.29, 0.717) is 5.46 Å². The van der Waals surface area contributed by atoms with Gasteiger partial charge in [0.05, 0.1) is 0 Å². The molecule has 0 aliphatic heterocycles. The van der Waals surface area contributed by atoms with Crippen LogP contribution in [0, 0.1) is 3.57 Å². The van der Waals surface area contributed by atoms with Crippen molar-refractivity contribution in [3.63, 3.8) is 0 Å². The summed E-state index contributed by atoms with van der Waals surface area (Å²) >= 11 is 11.5. The summed E-state index contributed by atoms with van der Waals surface area (Å²) in [5.74, 6) is 0. The molecule has 0 atom stereocenters. The van der Waals surface area contributed by atoms with Crippen LogP contribution in [0.2, 0.25) is 0 Å². The molecule has 0 unspecified atom stereocenters. The number of hydrogen-bond acceptors (Lipinski definition) is 2. The van der Waals surface area contributed by atoms with Gasteiger partial charge in [-0.3, -0.25) is 0 Å². The number of alkyl halides is 1. The Balaban J connectivity index is 0.000000156. The normalized spacial score (nSPS) is 10.2. The molecule has 258 valence electrons. The Labute approximate surface area is 350 Å². The highest BCUT2D eigenvalue weighted by Gasteiger charge is 2.15. The van der Waals surface area contributed by atoms with E-state index >= 15 is 0 Å². The first-order chi connectivity index (χ1) is 25.4. The maximum absolute atomic E-state index is 9.22. The third-order valence-corrected chi connectivity index (χ3v) is 9.87. The van der Waals surface area contributed by atoms with Crippen molar-refractivity contribution >= 4 is 111 Å². The zero-order valence-corrected chi connectivity index (χ0v) is 35.8. The fourth-order valence-electron chi connectivity index (χ4n) is 5.78. The highest BCUT2D eigenvalue weighted by molar-refractivity contribution is 14.1. The van der Waals surface area contributed by atoms with Crippen LogP contribution in [-0.4, -0.2) is 22.1 Å². The summed E-state index contributed by atoms with van der Waals surface area (Å²) in [5.41, 5.74) is 7.41. The fraction of sp³-hybridized carbons (Fsp3) is 0.0222. The zero-order chi connectivity index (χ0) is 36.9. The van der Waals surface area contributed by atoms with Crippen molar-refractivity contribution in [3.8, 4) is 33.4 Å². The van der Waals surface area contributed by atoms with Crippen molar-refractivity contribution in [1.29, 1.82) is 0 Å². The smallest absolute Gasteiger partial charge is 0.423 e. The van der Waals surface area contributed by atoms with Crippen LogP contribution >= 0.6 is 77.0 Å². The maximum atomic E-state index is 9.22. The van der Waals surface area contributed by atoms with E-state index in [0.717, 1.165) is 20.1 Å². The number of hydrogen-bond donors (Lipinski definition) is 2. The second-order valence-corrected chi connectivity index (χ2v) is 14.7. The first kappa shape index (κ1) is 39.9. The van der Waals surface area contributed by atoms with Crippen molar-refractivity contribution in [2.24, 2.45) is 0 Å². The van der Waals surface area contributed by atoms with Gasteiger partial charge in [0.2, 0.25) is 0 Å². The molecule has 8 aromatic carbocycles. The maximum Gasteiger partial charge on any atom is 0.489 e. The van der Waals surface area contributed by atoms with Crippen molar-refractivity contribution < 1.29 is 10.0 Å². The van der Waals surface area contributed by atoms with E-state index in [9.17, 15) is 10.0 Å². The first-order valence-electron chi connectivity index (χ1n) is 16.4. The Morgan fingerprint density at radius 1 is 0.404 bits per heavy atom. The van der Waals surface area contributed by atoms with Crippen LogP contribution in [0.5, 0.6) is 0 Å². The van der Waals surface area contributed by atoms with Gasteiger partial charge in [-0.1, -0.05) is 194 Å². The Hall–Kier alpha value is -3.32. The zero-order valence-electron chi connectivity index (χ0n) is 28.3. The molecule has 0 aliphatic carbocycles. The molecule has 0 aliphatic rings. The van der Waals surface area contributed by atoms with E-state index in [2.05, 4.69) is 204 Å². The lowest BCUT2D eigenvalue weighted by molar-refractivity contribution is 0.426. The van der Waals surface area contributed by atoms with Crippen LogP contribution < -0.4 is 5.46 Å². The Kier molecular flexibility index (Phi) is 15.5. The summed E-state index contributed by atoms with van der Waals surface area (Å²) in [7, 11) is -1.43. The fourth-order valence-corrected chi connectivity index (χ4v) is 7.05. The molecule has 0 fully saturated rings. The predicted molar refractivity (Wildman–Crippen MR) is 249 cm³/mol. The minimum Gasteiger partial charge on any atom is -0.423 e. The van der Waals surface area contributed by atoms with Crippen LogP contribution in [0.3, 0.4) is 0 Å². The average molecular weight is 1030 g/mol. The molecule has 0 saturated carbocycles. The Bertz CT molecular complexity index is 2310. The molecule has 0 radical (unpaired) electrons. The van der Waals surface area contributed by atoms with Gasteiger partial charge in [0, 0.05) is 12.5 Å². The molecule has 52 heavy (non-hydrogen) atoms. The summed E-state index contributed by atoms with van der Waals surface area (Å²) in [6.45, 7) is 0. The molecule has 8 rings (SSSR count). The van der Waals surface area contributed by atoms with Crippen LogP contribution in [0.4, 0.5) is 0 Å². The SMILES string of the molecule is Brc1ccc2cc(-c3ccccc3-c3ccccc3)ccc2c1.Brc1ccc2cc(I)ccc2c1.CI.OB(O)c1ccccc1-c1ccccc1. The summed E-state index contributed by atoms with van der Waals surface area (Å²) in [6.07, 6.45) is 0. The van der Waals surface area contributed by atoms with Gasteiger partial charge >= 0.3 is 7.12 Å². The minimum atomic E-state index is -1.43. The summed E-state index contributed by atoms with van der Waals surface area (Å²) < 4.78 is 3.53. The minimum absolute atomic E-state index is 0.531. The highest BCUT2D eigenvalue weighted by Crippen LogP contribution is 2.34. The van der Waals surface area contributed by atoms with Crippen LogP contribution in [-0.2, 0) is 0 Å². The average Bonchev–Trinajstić information content (AvgIpc) is 3.20. The second kappa shape index (κ2) is 20.2. The lowest BCUT2D eigenvalue weighted by Gasteiger charge is -2.11. The topological polar surface area (TPSA) is 40.5 Å². The quantitative estimate of drug-likeness (QED) is 0.105. The van der Waals surface area contributed by atoms with Crippen LogP contribution in [0.15, 0.2) is 191 Å². The third kappa shape index (κ3) is 10.9. The largest absolute Gasteiger partial charge is 0.489 e. The van der Waals surface area contributed by atoms with Crippen molar-refractivity contribution in [1.82, 2.24) is 0 Å². The standard InChI is InChI=1S/C22H15Br.C12H11BO2.C10H6BrI.CH3I/c23-20-13-12-17-14-19(11-10-18(17)15-20)22-9-5-4-8-21(22)16-6-2-1-3-7-16;14-13(15)12-9-5-4-8-11(12)10-6-2-1-3-7-10;11-9-3-1-8-6-10(12)4-2-7(8)5-9;1-2/h1-15H;1-9,14-15H;1-6H;1H3. The number of fused-ring (bicyclic) bond motifs is 2. The molecule has 0 amide bonds. The summed E-state index contributed by atoms with van der Waals surface area (Å²) in [6, 6.07) is 61.9. The first-order valence-corrected chi connectivity index (χ1v) is 21.3. The van der Waals surface area contributed by atoms with Gasteiger partial charge in [-0.15, -0.1) is 0 Å². The number of rotatable bonds is 4. The van der Waals surface area contributed by atoms with E-state index in [1.807, 2.05) is 47.4 Å². The second-order valence-electron chi connectivity index (χ2n) is 11.6. The predicted octanol–water partition coefficient (Wildman–Crippen LogP) is 13.2. The lowest BCUT2D eigenvalue weighted by Crippen LogP contribution is -2.31. The monoisotopic (exact) mass is 1030 g/mol. The van der Waals surface area contributed by atoms with Crippen LogP contribution in [0.1, 0.15) is 0 Å². The van der Waals surface area contributed by atoms with Gasteiger partial charge in [-0.25, -0.2) is 0 Å². The van der Waals surface area contributed by atoms with Crippen molar-refractivity contribution in [2.75, 3.05) is 4.93 Å². The van der Waals surface area contributed by atoms with Crippen LogP contribution in [0.25, 0.3) is 54.9 Å². The molecular formula is C45H35BBr2I2O2. The van der Waals surface area contributed by atoms with E-state index < -0.39 is 7.12 Å². The Morgan fingerprint density at radius 3 is 1.37 bits per heavy atom. The molecule has 8 aromatic rings. The van der Waals surface area contributed by atoms with Gasteiger partial charge in [0.15, 0.2) is 0 Å². The van der Waals surface area contributed by atoms with Gasteiger partial charge < -0.3 is 10.0 Å².